The lowest BCUT2D eigenvalue weighted by atomic mass is 10.1. The minimum atomic E-state index is -4.66. The van der Waals surface area contributed by atoms with Gasteiger partial charge in [-0.3, -0.25) is 4.79 Å². The van der Waals surface area contributed by atoms with Gasteiger partial charge in [-0.05, 0) is 56.1 Å². The van der Waals surface area contributed by atoms with Gasteiger partial charge in [-0.1, -0.05) is 12.6 Å². The molecule has 3 aromatic rings. The van der Waals surface area contributed by atoms with Gasteiger partial charge in [0.05, 0.1) is 18.4 Å². The Morgan fingerprint density at radius 2 is 1.86 bits per heavy atom. The Kier molecular flexibility index (Phi) is 8.85. The highest BCUT2D eigenvalue weighted by Gasteiger charge is 2.34. The lowest BCUT2D eigenvalue weighted by molar-refractivity contribution is -0.138. The molecule has 0 saturated carbocycles. The zero-order chi connectivity index (χ0) is 30.6. The van der Waals surface area contributed by atoms with E-state index < -0.39 is 17.6 Å². The molecule has 1 fully saturated rings. The van der Waals surface area contributed by atoms with Crippen LogP contribution >= 0.6 is 0 Å². The number of nitrogens with two attached hydrogens (primary N) is 2. The number of benzene rings is 2. The number of amidine groups is 1. The van der Waals surface area contributed by atoms with Crippen molar-refractivity contribution in [3.8, 4) is 5.75 Å². The number of hydrogen-bond donors (Lipinski definition) is 4. The quantitative estimate of drug-likeness (QED) is 0.228. The number of rotatable bonds is 8. The molecule has 0 atom stereocenters. The first-order valence-electron chi connectivity index (χ1n) is 12.9. The molecule has 11 nitrogen and oxygen atoms in total. The largest absolute Gasteiger partial charge is 0.496 e. The van der Waals surface area contributed by atoms with Gasteiger partial charge in [0.1, 0.15) is 17.1 Å². The van der Waals surface area contributed by atoms with Crippen molar-refractivity contribution in [1.29, 1.82) is 0 Å². The fourth-order valence-corrected chi connectivity index (χ4v) is 4.31. The highest BCUT2D eigenvalue weighted by Crippen LogP contribution is 2.38. The van der Waals surface area contributed by atoms with Crippen LogP contribution in [-0.4, -0.2) is 66.9 Å². The molecule has 0 aliphatic carbocycles. The van der Waals surface area contributed by atoms with Crippen molar-refractivity contribution in [3.63, 3.8) is 0 Å². The van der Waals surface area contributed by atoms with Crippen LogP contribution in [0.3, 0.4) is 0 Å². The highest BCUT2D eigenvalue weighted by atomic mass is 19.4. The molecular weight excluding hydrogens is 551 g/mol. The average Bonchev–Trinajstić information content (AvgIpc) is 2.95. The van der Waals surface area contributed by atoms with Gasteiger partial charge < -0.3 is 36.6 Å². The summed E-state index contributed by atoms with van der Waals surface area (Å²) in [6, 6.07) is 7.95. The summed E-state index contributed by atoms with van der Waals surface area (Å²) in [4.78, 5) is 30.8. The first-order valence-corrected chi connectivity index (χ1v) is 12.9. The number of nitrogens with zero attached hydrogens (tertiary/aromatic N) is 5. The molecule has 0 bridgehead atoms. The number of amides is 1. The number of nitrogen functional groups attached to an aromatic ring is 1. The van der Waals surface area contributed by atoms with E-state index in [0.717, 1.165) is 32.3 Å². The van der Waals surface area contributed by atoms with Crippen molar-refractivity contribution >= 4 is 40.6 Å². The summed E-state index contributed by atoms with van der Waals surface area (Å²) in [5.41, 5.74) is 13.4. The molecule has 1 aromatic heterocycles. The maximum absolute atomic E-state index is 13.4. The van der Waals surface area contributed by atoms with Crippen LogP contribution in [-0.2, 0) is 6.18 Å². The smallest absolute Gasteiger partial charge is 0.420 e. The Balaban J connectivity index is 1.66. The molecular formula is C28H32F3N9O2. The summed E-state index contributed by atoms with van der Waals surface area (Å²) in [5.74, 6) is -0.412. The molecule has 1 aliphatic heterocycles. The fourth-order valence-electron chi connectivity index (χ4n) is 4.31. The van der Waals surface area contributed by atoms with Crippen LogP contribution in [0, 0.1) is 6.92 Å². The van der Waals surface area contributed by atoms with Crippen LogP contribution in [0.15, 0.2) is 54.2 Å². The highest BCUT2D eigenvalue weighted by molar-refractivity contribution is 6.06. The van der Waals surface area contributed by atoms with Gasteiger partial charge in [-0.25, -0.2) is 9.98 Å². The fraction of sp³-hybridized carbons (Fsp3) is 0.286. The molecule has 42 heavy (non-hydrogen) atoms. The molecule has 0 spiro atoms. The number of carbonyl (C=O) groups is 1. The Hall–Kier alpha value is -4.85. The third kappa shape index (κ3) is 6.71. The molecule has 1 amide bonds. The number of likely N-dealkylation sites (N-methyl/N-ethyl adjacent to an activating group) is 1. The zero-order valence-corrected chi connectivity index (χ0v) is 23.4. The summed E-state index contributed by atoms with van der Waals surface area (Å²) in [5, 5.41) is 5.41. The minimum Gasteiger partial charge on any atom is -0.496 e. The average molecular weight is 584 g/mol. The van der Waals surface area contributed by atoms with Crippen LogP contribution in [0.4, 0.5) is 42.0 Å². The van der Waals surface area contributed by atoms with Crippen LogP contribution in [0.2, 0.25) is 0 Å². The monoisotopic (exact) mass is 583 g/mol. The van der Waals surface area contributed by atoms with Gasteiger partial charge in [0.15, 0.2) is 11.7 Å². The third-order valence-electron chi connectivity index (χ3n) is 6.68. The van der Waals surface area contributed by atoms with Gasteiger partial charge in [-0.2, -0.15) is 18.2 Å². The van der Waals surface area contributed by atoms with E-state index in [-0.39, 0.29) is 34.3 Å². The van der Waals surface area contributed by atoms with Crippen molar-refractivity contribution < 1.29 is 22.7 Å². The third-order valence-corrected chi connectivity index (χ3v) is 6.68. The molecule has 0 unspecified atom stereocenters. The Morgan fingerprint density at radius 3 is 2.50 bits per heavy atom. The second-order valence-electron chi connectivity index (χ2n) is 9.64. The molecule has 6 N–H and O–H groups in total. The predicted molar refractivity (Wildman–Crippen MR) is 157 cm³/mol. The van der Waals surface area contributed by atoms with Crippen LogP contribution < -0.4 is 31.7 Å². The first kappa shape index (κ1) is 30.1. The number of ether oxygens (including phenoxy) is 1. The maximum Gasteiger partial charge on any atom is 0.420 e. The lowest BCUT2D eigenvalue weighted by Gasteiger charge is -2.32. The number of aryl methyl sites for hydroxylation is 1. The van der Waals surface area contributed by atoms with E-state index in [1.165, 1.54) is 24.4 Å². The van der Waals surface area contributed by atoms with E-state index in [9.17, 15) is 18.0 Å². The second kappa shape index (κ2) is 12.3. The molecule has 4 rings (SSSR count). The Labute approximate surface area is 241 Å². The summed E-state index contributed by atoms with van der Waals surface area (Å²) in [6.45, 7) is 8.52. The van der Waals surface area contributed by atoms with E-state index in [1.807, 2.05) is 11.9 Å². The van der Waals surface area contributed by atoms with Crippen molar-refractivity contribution in [2.45, 2.75) is 13.1 Å². The Morgan fingerprint density at radius 1 is 1.14 bits per heavy atom. The van der Waals surface area contributed by atoms with Crippen molar-refractivity contribution in [1.82, 2.24) is 14.9 Å². The zero-order valence-electron chi connectivity index (χ0n) is 23.4. The minimum absolute atomic E-state index is 0.00876. The maximum atomic E-state index is 13.4. The number of carbonyl (C=O) groups excluding carboxylic acids is 1. The van der Waals surface area contributed by atoms with Crippen LogP contribution in [0.25, 0.3) is 0 Å². The van der Waals surface area contributed by atoms with Crippen molar-refractivity contribution in [2.24, 2.45) is 10.7 Å². The van der Waals surface area contributed by atoms with E-state index in [0.29, 0.717) is 36.0 Å². The van der Waals surface area contributed by atoms with E-state index in [1.54, 1.807) is 13.0 Å². The number of nitrogens with one attached hydrogen (secondary N) is 2. The summed E-state index contributed by atoms with van der Waals surface area (Å²) in [7, 11) is 3.18. The van der Waals surface area contributed by atoms with E-state index in [2.05, 4.69) is 37.1 Å². The number of hydrogen-bond acceptors (Lipinski definition) is 9. The number of aliphatic imine (C=N–C) groups is 1. The standard InChI is InChI=1S/C28H32F3N9O2/c1-5-34-22-23(37-27(38-24(22)32)40-12-10-39(3)11-13-40)25(33)36-20-14-17(7-6-16(20)2)26(41)35-18-8-9-21(42-4)19(15-18)28(29,30)31/h5-9,14-15,34H,1,10-13H2,2-4H3,(H2,33,36)(H,35,41)(H2,32,37,38). The topological polar surface area (TPSA) is 147 Å². The summed E-state index contributed by atoms with van der Waals surface area (Å²) in [6.07, 6.45) is -3.25. The molecule has 0 radical (unpaired) electrons. The molecule has 14 heteroatoms. The number of halogens is 3. The molecule has 2 heterocycles. The SMILES string of the molecule is C=CNc1c(N)nc(N2CCN(C)CC2)nc1C(N)=Nc1cc(C(=O)Nc2ccc(OC)c(C(F)(F)F)c2)ccc1C. The first-order chi connectivity index (χ1) is 19.9. The second-order valence-corrected chi connectivity index (χ2v) is 9.64. The van der Waals surface area contributed by atoms with Gasteiger partial charge in [0.2, 0.25) is 5.95 Å². The van der Waals surface area contributed by atoms with Crippen molar-refractivity contribution in [2.75, 3.05) is 61.6 Å². The number of methoxy groups -OCH3 is 1. The van der Waals surface area contributed by atoms with Gasteiger partial charge in [0, 0.05) is 37.4 Å². The van der Waals surface area contributed by atoms with E-state index in [4.69, 9.17) is 16.2 Å². The molecule has 2 aromatic carbocycles. The normalized spacial score (nSPS) is 14.4. The summed E-state index contributed by atoms with van der Waals surface area (Å²) < 4.78 is 45.1. The summed E-state index contributed by atoms with van der Waals surface area (Å²) >= 11 is 0. The number of aromatic nitrogens is 2. The number of alkyl halides is 3. The van der Waals surface area contributed by atoms with Crippen LogP contribution in [0.1, 0.15) is 27.2 Å². The van der Waals surface area contributed by atoms with Gasteiger partial charge >= 0.3 is 6.18 Å². The number of anilines is 4. The lowest BCUT2D eigenvalue weighted by Crippen LogP contribution is -2.45. The molecule has 1 saturated heterocycles. The number of piperazine rings is 1. The predicted octanol–water partition coefficient (Wildman–Crippen LogP) is 3.99. The Bertz CT molecular complexity index is 1520. The van der Waals surface area contributed by atoms with Gasteiger partial charge in [-0.15, -0.1) is 0 Å². The van der Waals surface area contributed by atoms with Crippen molar-refractivity contribution in [3.05, 3.63) is 71.6 Å². The van der Waals surface area contributed by atoms with Crippen LogP contribution in [0.5, 0.6) is 5.75 Å². The van der Waals surface area contributed by atoms with Gasteiger partial charge in [0.25, 0.3) is 5.91 Å². The molecule has 222 valence electrons. The molecule has 1 aliphatic rings. The van der Waals surface area contributed by atoms with E-state index >= 15 is 0 Å².